The number of ether oxygens (including phenoxy) is 1. The van der Waals surface area contributed by atoms with E-state index in [4.69, 9.17) is 9.84 Å². The van der Waals surface area contributed by atoms with Gasteiger partial charge in [-0.15, -0.1) is 0 Å². The number of rotatable bonds is 13. The molecule has 2 amide bonds. The molecule has 2 aromatic carbocycles. The molecule has 2 aliphatic rings. The highest BCUT2D eigenvalue weighted by atomic mass is 16.5. The number of aliphatic carboxylic acids is 1. The highest BCUT2D eigenvalue weighted by Crippen LogP contribution is 2.57. The van der Waals surface area contributed by atoms with Gasteiger partial charge < -0.3 is 15.2 Å². The summed E-state index contributed by atoms with van der Waals surface area (Å²) in [6, 6.07) is 19.7. The van der Waals surface area contributed by atoms with Crippen LogP contribution in [0.2, 0.25) is 0 Å². The largest absolute Gasteiger partial charge is 0.481 e. The van der Waals surface area contributed by atoms with Gasteiger partial charge in [0, 0.05) is 30.0 Å². The van der Waals surface area contributed by atoms with Crippen molar-refractivity contribution in [3.63, 3.8) is 0 Å². The fourth-order valence-corrected chi connectivity index (χ4v) is 5.80. The molecule has 0 unspecified atom stereocenters. The SMILES string of the molecule is O=C(O)CCC/C=C\C[C@@H]1[C@@H](CNNC(=O)Nc2ccccc2)[C@H]2C[C@]1(CCc1ccccc1)CO2. The van der Waals surface area contributed by atoms with Crippen LogP contribution >= 0.6 is 0 Å². The van der Waals surface area contributed by atoms with Crippen LogP contribution in [0.4, 0.5) is 10.5 Å². The van der Waals surface area contributed by atoms with Gasteiger partial charge in [-0.3, -0.25) is 10.2 Å². The van der Waals surface area contributed by atoms with Crippen molar-refractivity contribution >= 4 is 17.7 Å². The summed E-state index contributed by atoms with van der Waals surface area (Å²) in [6.07, 6.45) is 10.2. The molecule has 4 rings (SSSR count). The van der Waals surface area contributed by atoms with Gasteiger partial charge in [-0.2, -0.15) is 0 Å². The Morgan fingerprint density at radius 2 is 1.81 bits per heavy atom. The van der Waals surface area contributed by atoms with E-state index in [2.05, 4.69) is 52.6 Å². The van der Waals surface area contributed by atoms with Crippen LogP contribution in [0.3, 0.4) is 0 Å². The summed E-state index contributed by atoms with van der Waals surface area (Å²) in [5, 5.41) is 11.7. The van der Waals surface area contributed by atoms with Gasteiger partial charge in [-0.1, -0.05) is 60.7 Å². The molecule has 1 heterocycles. The minimum atomic E-state index is -0.747. The van der Waals surface area contributed by atoms with Gasteiger partial charge in [0.15, 0.2) is 0 Å². The van der Waals surface area contributed by atoms with Crippen molar-refractivity contribution in [1.29, 1.82) is 0 Å². The minimum absolute atomic E-state index is 0.116. The average molecular weight is 492 g/mol. The number of benzene rings is 2. The molecule has 0 radical (unpaired) electrons. The maximum atomic E-state index is 12.3. The number of nitrogens with one attached hydrogen (secondary N) is 3. The topological polar surface area (TPSA) is 99.7 Å². The molecule has 2 fully saturated rings. The minimum Gasteiger partial charge on any atom is -0.481 e. The summed E-state index contributed by atoms with van der Waals surface area (Å²) in [4.78, 5) is 23.1. The van der Waals surface area contributed by atoms with Crippen molar-refractivity contribution in [1.82, 2.24) is 10.9 Å². The third kappa shape index (κ3) is 6.95. The zero-order valence-corrected chi connectivity index (χ0v) is 20.7. The second-order valence-corrected chi connectivity index (χ2v) is 9.99. The number of carboxylic acids is 1. The molecule has 1 aliphatic carbocycles. The van der Waals surface area contributed by atoms with Crippen LogP contribution in [-0.4, -0.2) is 36.4 Å². The monoisotopic (exact) mass is 491 g/mol. The van der Waals surface area contributed by atoms with Crippen LogP contribution in [0.5, 0.6) is 0 Å². The van der Waals surface area contributed by atoms with Gasteiger partial charge in [0.05, 0.1) is 12.7 Å². The number of unbranched alkanes of at least 4 members (excludes halogenated alkanes) is 1. The van der Waals surface area contributed by atoms with Crippen LogP contribution in [0.25, 0.3) is 0 Å². The summed E-state index contributed by atoms with van der Waals surface area (Å²) >= 11 is 0. The highest BCUT2D eigenvalue weighted by molar-refractivity contribution is 5.88. The fraction of sp³-hybridized carbons (Fsp3) is 0.448. The van der Waals surface area contributed by atoms with Crippen molar-refractivity contribution in [3.8, 4) is 0 Å². The van der Waals surface area contributed by atoms with E-state index in [-0.39, 0.29) is 29.9 Å². The zero-order chi connectivity index (χ0) is 25.2. The zero-order valence-electron chi connectivity index (χ0n) is 20.7. The van der Waals surface area contributed by atoms with E-state index in [9.17, 15) is 9.59 Å². The molecule has 0 spiro atoms. The molecule has 2 bridgehead atoms. The van der Waals surface area contributed by atoms with Crippen molar-refractivity contribution in [3.05, 3.63) is 78.4 Å². The number of carbonyl (C=O) groups excluding carboxylic acids is 1. The second-order valence-electron chi connectivity index (χ2n) is 9.99. The van der Waals surface area contributed by atoms with E-state index in [1.807, 2.05) is 36.4 Å². The number of anilines is 1. The van der Waals surface area contributed by atoms with Gasteiger partial charge in [0.1, 0.15) is 0 Å². The normalized spacial score (nSPS) is 24.7. The first-order valence-electron chi connectivity index (χ1n) is 12.9. The lowest BCUT2D eigenvalue weighted by atomic mass is 9.70. The Labute approximate surface area is 213 Å². The molecule has 7 heteroatoms. The number of hydrazine groups is 1. The Bertz CT molecular complexity index is 1010. The van der Waals surface area contributed by atoms with Crippen molar-refractivity contribution in [2.24, 2.45) is 17.3 Å². The number of amides is 2. The first kappa shape index (κ1) is 25.9. The molecule has 1 aliphatic heterocycles. The molecule has 4 N–H and O–H groups in total. The number of urea groups is 1. The third-order valence-corrected chi connectivity index (χ3v) is 7.62. The lowest BCUT2D eigenvalue weighted by molar-refractivity contribution is -0.137. The summed E-state index contributed by atoms with van der Waals surface area (Å²) in [5.41, 5.74) is 8.12. The molecule has 1 saturated heterocycles. The Hall–Kier alpha value is -3.16. The number of hydrogen-bond donors (Lipinski definition) is 4. The van der Waals surface area contributed by atoms with Gasteiger partial charge in [-0.05, 0) is 62.1 Å². The van der Waals surface area contributed by atoms with E-state index in [1.165, 1.54) is 5.56 Å². The Morgan fingerprint density at radius 3 is 2.56 bits per heavy atom. The van der Waals surface area contributed by atoms with Gasteiger partial charge >= 0.3 is 12.0 Å². The number of allylic oxidation sites excluding steroid dienone is 2. The third-order valence-electron chi connectivity index (χ3n) is 7.62. The van der Waals surface area contributed by atoms with Crippen molar-refractivity contribution < 1.29 is 19.4 Å². The first-order chi connectivity index (χ1) is 17.6. The molecule has 36 heavy (non-hydrogen) atoms. The molecule has 4 atom stereocenters. The van der Waals surface area contributed by atoms with Crippen LogP contribution in [0.1, 0.15) is 44.1 Å². The number of carbonyl (C=O) groups is 2. The Kier molecular flexibility index (Phi) is 9.14. The highest BCUT2D eigenvalue weighted by Gasteiger charge is 2.57. The number of aryl methyl sites for hydroxylation is 1. The van der Waals surface area contributed by atoms with Gasteiger partial charge in [0.25, 0.3) is 0 Å². The summed E-state index contributed by atoms with van der Waals surface area (Å²) in [6.45, 7) is 1.41. The van der Waals surface area contributed by atoms with E-state index in [0.717, 1.165) is 44.4 Å². The molecule has 2 aromatic rings. The maximum Gasteiger partial charge on any atom is 0.333 e. The van der Waals surface area contributed by atoms with Crippen LogP contribution in [0.15, 0.2) is 72.8 Å². The van der Waals surface area contributed by atoms with Gasteiger partial charge in [0.2, 0.25) is 0 Å². The second kappa shape index (κ2) is 12.7. The predicted molar refractivity (Wildman–Crippen MR) is 140 cm³/mol. The number of carboxylic acid groups (broad SMARTS) is 1. The molecular weight excluding hydrogens is 454 g/mol. The quantitative estimate of drug-likeness (QED) is 0.176. The van der Waals surface area contributed by atoms with Crippen molar-refractivity contribution in [2.75, 3.05) is 18.5 Å². The standard InChI is InChI=1S/C29H37N3O4/c33-27(34)16-10-2-1-9-15-25-24(20-30-32-28(35)31-23-13-7-4-8-14-23)26-19-29(25,21-36-26)18-17-22-11-5-3-6-12-22/h1,3-9,11-14,24-26,30H,2,10,15-21H2,(H,33,34)(H2,31,32,35)/b9-1-/t24-,25-,26-,29-/m1/s1. The number of fused-ring (bicyclic) bond motifs is 2. The van der Waals surface area contributed by atoms with Crippen molar-refractivity contribution in [2.45, 2.75) is 51.0 Å². The smallest absolute Gasteiger partial charge is 0.333 e. The maximum absolute atomic E-state index is 12.3. The van der Waals surface area contributed by atoms with E-state index < -0.39 is 5.97 Å². The lowest BCUT2D eigenvalue weighted by Gasteiger charge is -2.39. The molecule has 7 nitrogen and oxygen atoms in total. The van der Waals surface area contributed by atoms with Crippen LogP contribution < -0.4 is 16.2 Å². The van der Waals surface area contributed by atoms with Crippen LogP contribution in [0, 0.1) is 17.3 Å². The molecule has 192 valence electrons. The average Bonchev–Trinajstić information content (AvgIpc) is 3.43. The lowest BCUT2D eigenvalue weighted by Crippen LogP contribution is -2.47. The predicted octanol–water partition coefficient (Wildman–Crippen LogP) is 5.17. The van der Waals surface area contributed by atoms with Crippen LogP contribution in [-0.2, 0) is 16.0 Å². The summed E-state index contributed by atoms with van der Waals surface area (Å²) in [5.74, 6) is -0.0270. The first-order valence-corrected chi connectivity index (χ1v) is 12.9. The number of hydrogen-bond acceptors (Lipinski definition) is 4. The summed E-state index contributed by atoms with van der Waals surface area (Å²) in [7, 11) is 0. The fourth-order valence-electron chi connectivity index (χ4n) is 5.80. The van der Waals surface area contributed by atoms with E-state index in [1.54, 1.807) is 0 Å². The Morgan fingerprint density at radius 1 is 1.06 bits per heavy atom. The van der Waals surface area contributed by atoms with E-state index in [0.29, 0.717) is 18.9 Å². The summed E-state index contributed by atoms with van der Waals surface area (Å²) < 4.78 is 6.25. The van der Waals surface area contributed by atoms with E-state index >= 15 is 0 Å². The molecular formula is C29H37N3O4. The Balaban J connectivity index is 1.35. The number of para-hydroxylation sites is 1. The molecule has 0 aromatic heterocycles. The molecule has 1 saturated carbocycles. The van der Waals surface area contributed by atoms with Gasteiger partial charge in [-0.25, -0.2) is 10.2 Å².